The molecular weight excluding hydrogens is 452 g/mol. The van der Waals surface area contributed by atoms with E-state index in [0.29, 0.717) is 21.9 Å². The van der Waals surface area contributed by atoms with Crippen LogP contribution in [-0.2, 0) is 9.59 Å². The Balaban J connectivity index is 1.47. The van der Waals surface area contributed by atoms with Gasteiger partial charge >= 0.3 is 0 Å². The lowest BCUT2D eigenvalue weighted by atomic mass is 9.63. The second-order valence-electron chi connectivity index (χ2n) is 7.21. The number of amides is 2. The lowest BCUT2D eigenvalue weighted by Gasteiger charge is -2.37. The number of halogens is 2. The van der Waals surface area contributed by atoms with Crippen LogP contribution in [0.15, 0.2) is 38.3 Å². The first kappa shape index (κ1) is 15.8. The zero-order valence-electron chi connectivity index (χ0n) is 13.0. The van der Waals surface area contributed by atoms with E-state index in [-0.39, 0.29) is 41.2 Å². The number of hydrogen-bond donors (Lipinski definition) is 1. The Morgan fingerprint density at radius 3 is 2.28 bits per heavy atom. The van der Waals surface area contributed by atoms with Gasteiger partial charge in [0.15, 0.2) is 0 Å². The van der Waals surface area contributed by atoms with Gasteiger partial charge in [-0.2, -0.15) is 10.1 Å². The van der Waals surface area contributed by atoms with Crippen LogP contribution in [0.25, 0.3) is 0 Å². The summed E-state index contributed by atoms with van der Waals surface area (Å²) >= 11 is 6.61. The van der Waals surface area contributed by atoms with E-state index in [1.807, 2.05) is 0 Å². The van der Waals surface area contributed by atoms with Gasteiger partial charge in [0.1, 0.15) is 5.75 Å². The van der Waals surface area contributed by atoms with Gasteiger partial charge in [0.2, 0.25) is 0 Å². The topological polar surface area (TPSA) is 70.0 Å². The molecule has 0 spiro atoms. The van der Waals surface area contributed by atoms with Gasteiger partial charge in [-0.05, 0) is 58.2 Å². The molecule has 5 aliphatic rings. The minimum absolute atomic E-state index is 0.0199. The fraction of sp³-hybridized carbons (Fsp3) is 0.389. The lowest BCUT2D eigenvalue weighted by molar-refractivity contribution is -0.140. The van der Waals surface area contributed by atoms with Crippen molar-refractivity contribution in [3.63, 3.8) is 0 Å². The average molecular weight is 466 g/mol. The van der Waals surface area contributed by atoms with E-state index in [4.69, 9.17) is 0 Å². The van der Waals surface area contributed by atoms with Crippen molar-refractivity contribution in [2.75, 3.05) is 0 Å². The van der Waals surface area contributed by atoms with Crippen molar-refractivity contribution < 1.29 is 14.7 Å². The summed E-state index contributed by atoms with van der Waals surface area (Å²) in [5, 5.41) is 15.3. The van der Waals surface area contributed by atoms with E-state index in [0.717, 1.165) is 15.9 Å². The largest absolute Gasteiger partial charge is 0.506 e. The molecular formula is C18H14Br2N2O3. The van der Waals surface area contributed by atoms with E-state index >= 15 is 0 Å². The van der Waals surface area contributed by atoms with Crippen LogP contribution in [0.2, 0.25) is 0 Å². The molecule has 4 aliphatic carbocycles. The van der Waals surface area contributed by atoms with Crippen molar-refractivity contribution in [1.82, 2.24) is 5.01 Å². The highest BCUT2D eigenvalue weighted by Crippen LogP contribution is 2.65. The summed E-state index contributed by atoms with van der Waals surface area (Å²) in [6.45, 7) is 0. The molecule has 0 radical (unpaired) electrons. The molecule has 5 nitrogen and oxygen atoms in total. The highest BCUT2D eigenvalue weighted by atomic mass is 79.9. The van der Waals surface area contributed by atoms with E-state index in [1.54, 1.807) is 12.1 Å². The summed E-state index contributed by atoms with van der Waals surface area (Å²) in [5.74, 6) is 0.608. The number of benzene rings is 1. The second-order valence-corrected chi connectivity index (χ2v) is 8.98. The number of allylic oxidation sites excluding steroid dienone is 2. The molecule has 1 aromatic carbocycles. The molecule has 7 heteroatoms. The third-order valence-corrected chi connectivity index (χ3v) is 7.07. The quantitative estimate of drug-likeness (QED) is 0.414. The standard InChI is InChI=1S/C18H14Br2N2O3/c19-8-3-7(16(23)13(20)4-8)6-21-22-17(24)14-9-1-2-10(12-5-11(9)12)15(14)18(22)25/h1-4,6,9-12,14-15,23H,5H2/b21-6-/t9-,10-,11-,12+,14-,15+/m0/s1. The van der Waals surface area contributed by atoms with Crippen LogP contribution in [0.3, 0.4) is 0 Å². The molecule has 2 bridgehead atoms. The number of hydrogen-bond acceptors (Lipinski definition) is 4. The molecule has 25 heavy (non-hydrogen) atoms. The average Bonchev–Trinajstić information content (AvgIpc) is 3.36. The van der Waals surface area contributed by atoms with Crippen LogP contribution < -0.4 is 0 Å². The highest BCUT2D eigenvalue weighted by molar-refractivity contribution is 9.11. The van der Waals surface area contributed by atoms with Crippen LogP contribution in [0.4, 0.5) is 0 Å². The van der Waals surface area contributed by atoms with Crippen molar-refractivity contribution in [2.24, 2.45) is 40.6 Å². The van der Waals surface area contributed by atoms with Crippen LogP contribution in [-0.4, -0.2) is 28.1 Å². The first-order valence-electron chi connectivity index (χ1n) is 8.25. The Hall–Kier alpha value is -1.47. The molecule has 0 aromatic heterocycles. The Morgan fingerprint density at radius 1 is 1.08 bits per heavy atom. The number of imide groups is 1. The number of aromatic hydroxyl groups is 1. The van der Waals surface area contributed by atoms with Gasteiger partial charge in [0, 0.05) is 10.0 Å². The van der Waals surface area contributed by atoms with Crippen molar-refractivity contribution >= 4 is 49.9 Å². The van der Waals surface area contributed by atoms with Gasteiger partial charge in [0.05, 0.1) is 22.5 Å². The number of carbonyl (C=O) groups excluding carboxylic acids is 2. The monoisotopic (exact) mass is 464 g/mol. The number of nitrogens with zero attached hydrogens (tertiary/aromatic N) is 2. The Morgan fingerprint density at radius 2 is 1.68 bits per heavy atom. The minimum atomic E-state index is -0.258. The fourth-order valence-electron chi connectivity index (χ4n) is 4.86. The van der Waals surface area contributed by atoms with Gasteiger partial charge in [-0.1, -0.05) is 28.1 Å². The van der Waals surface area contributed by atoms with Crippen molar-refractivity contribution in [2.45, 2.75) is 6.42 Å². The molecule has 6 atom stereocenters. The molecule has 1 aromatic rings. The van der Waals surface area contributed by atoms with Crippen LogP contribution in [0.5, 0.6) is 5.75 Å². The predicted octanol–water partition coefficient (Wildman–Crippen LogP) is 3.30. The maximum absolute atomic E-state index is 12.8. The molecule has 2 amide bonds. The fourth-order valence-corrected chi connectivity index (χ4v) is 6.12. The number of phenols is 1. The zero-order chi connectivity index (χ0) is 17.5. The zero-order valence-corrected chi connectivity index (χ0v) is 16.1. The van der Waals surface area contributed by atoms with Crippen LogP contribution in [0.1, 0.15) is 12.0 Å². The first-order chi connectivity index (χ1) is 12.0. The van der Waals surface area contributed by atoms with Crippen LogP contribution >= 0.6 is 31.9 Å². The molecule has 1 N–H and O–H groups in total. The van der Waals surface area contributed by atoms with Crippen molar-refractivity contribution in [1.29, 1.82) is 0 Å². The van der Waals surface area contributed by atoms with E-state index in [1.165, 1.54) is 6.21 Å². The highest BCUT2D eigenvalue weighted by Gasteiger charge is 2.67. The molecule has 2 saturated carbocycles. The SMILES string of the molecule is O=C1[C@@H]2[C@H]3C=C[C@@H]([C@@H]4C[C@H]34)[C@@H]2C(=O)N1/N=C\c1cc(Br)cc(Br)c1O. The van der Waals surface area contributed by atoms with E-state index in [2.05, 4.69) is 49.1 Å². The maximum atomic E-state index is 12.8. The molecule has 1 saturated heterocycles. The predicted molar refractivity (Wildman–Crippen MR) is 97.7 cm³/mol. The molecule has 0 unspecified atom stereocenters. The molecule has 6 rings (SSSR count). The number of hydrazone groups is 1. The Labute approximate surface area is 161 Å². The third-order valence-electron chi connectivity index (χ3n) is 6.01. The van der Waals surface area contributed by atoms with Gasteiger partial charge in [-0.3, -0.25) is 9.59 Å². The minimum Gasteiger partial charge on any atom is -0.506 e. The summed E-state index contributed by atoms with van der Waals surface area (Å²) in [6, 6.07) is 3.39. The maximum Gasteiger partial charge on any atom is 0.254 e. The van der Waals surface area contributed by atoms with Gasteiger partial charge in [-0.15, -0.1) is 0 Å². The molecule has 128 valence electrons. The summed E-state index contributed by atoms with van der Waals surface area (Å²) in [6.07, 6.45) is 6.78. The van der Waals surface area contributed by atoms with Gasteiger partial charge in [0.25, 0.3) is 11.8 Å². The summed E-state index contributed by atoms with van der Waals surface area (Å²) < 4.78 is 1.27. The normalized spacial score (nSPS) is 37.8. The van der Waals surface area contributed by atoms with E-state index in [9.17, 15) is 14.7 Å². The second kappa shape index (κ2) is 5.27. The number of carbonyl (C=O) groups is 2. The van der Waals surface area contributed by atoms with Gasteiger partial charge in [-0.25, -0.2) is 0 Å². The summed E-state index contributed by atoms with van der Waals surface area (Å²) in [7, 11) is 0. The smallest absolute Gasteiger partial charge is 0.254 e. The van der Waals surface area contributed by atoms with E-state index < -0.39 is 0 Å². The van der Waals surface area contributed by atoms with Crippen LogP contribution in [0, 0.1) is 35.5 Å². The Kier molecular flexibility index (Phi) is 3.32. The Bertz CT molecular complexity index is 845. The van der Waals surface area contributed by atoms with Crippen molar-refractivity contribution in [3.05, 3.63) is 38.8 Å². The third kappa shape index (κ3) is 2.15. The molecule has 1 heterocycles. The van der Waals surface area contributed by atoms with Crippen molar-refractivity contribution in [3.8, 4) is 5.75 Å². The lowest BCUT2D eigenvalue weighted by Crippen LogP contribution is -2.40. The first-order valence-corrected chi connectivity index (χ1v) is 9.84. The number of rotatable bonds is 2. The summed E-state index contributed by atoms with van der Waals surface area (Å²) in [5.41, 5.74) is 0.431. The number of phenolic OH excluding ortho intramolecular Hbond substituents is 1. The van der Waals surface area contributed by atoms with Gasteiger partial charge < -0.3 is 5.11 Å². The molecule has 3 fully saturated rings. The molecule has 1 aliphatic heterocycles. The summed E-state index contributed by atoms with van der Waals surface area (Å²) in [4.78, 5) is 25.6.